The van der Waals surface area contributed by atoms with Crippen LogP contribution in [0, 0.1) is 13.8 Å². The van der Waals surface area contributed by atoms with Gasteiger partial charge in [-0.05, 0) is 62.8 Å². The average molecular weight is 249 g/mol. The van der Waals surface area contributed by atoms with E-state index in [0.29, 0.717) is 0 Å². The topological polar surface area (TPSA) is 23.1 Å². The predicted molar refractivity (Wildman–Crippen MR) is 75.4 cm³/mol. The van der Waals surface area contributed by atoms with Crippen LogP contribution in [0.5, 0.6) is 0 Å². The fourth-order valence-electron chi connectivity index (χ4n) is 1.60. The monoisotopic (exact) mass is 249 g/mol. The summed E-state index contributed by atoms with van der Waals surface area (Å²) in [5.41, 5.74) is 1.21. The Labute approximate surface area is 108 Å². The fraction of sp³-hybridized carbons (Fsp3) is 0.400. The number of benzene rings is 1. The van der Waals surface area contributed by atoms with E-state index in [2.05, 4.69) is 13.0 Å². The molecule has 1 atom stereocenters. The Morgan fingerprint density at radius 2 is 1.88 bits per heavy atom. The Balaban J connectivity index is 2.20. The lowest BCUT2D eigenvalue weighted by molar-refractivity contribution is 0.589. The second kappa shape index (κ2) is 8.37. The largest absolute Gasteiger partial charge is 0.611 e. The van der Waals surface area contributed by atoms with Gasteiger partial charge < -0.3 is 4.55 Å². The van der Waals surface area contributed by atoms with Crippen LogP contribution in [0.4, 0.5) is 0 Å². The molecule has 0 fully saturated rings. The lowest BCUT2D eigenvalue weighted by Gasteiger charge is -2.10. The summed E-state index contributed by atoms with van der Waals surface area (Å²) in [7, 11) is 0. The smallest absolute Gasteiger partial charge is 0.152 e. The van der Waals surface area contributed by atoms with Gasteiger partial charge in [0, 0.05) is 0 Å². The SMILES string of the molecule is [CH2]/C=C/CCCCC[S+]([O-])c1ccc(C)cc1. The second-order valence-electron chi connectivity index (χ2n) is 4.18. The van der Waals surface area contributed by atoms with Crippen molar-refractivity contribution in [2.45, 2.75) is 37.5 Å². The first-order chi connectivity index (χ1) is 8.24. The summed E-state index contributed by atoms with van der Waals surface area (Å²) in [6, 6.07) is 7.98. The lowest BCUT2D eigenvalue weighted by atomic mass is 10.2. The van der Waals surface area contributed by atoms with E-state index in [1.807, 2.05) is 37.3 Å². The molecule has 17 heavy (non-hydrogen) atoms. The number of allylic oxidation sites excluding steroid dienone is 2. The summed E-state index contributed by atoms with van der Waals surface area (Å²) in [6.07, 6.45) is 8.34. The van der Waals surface area contributed by atoms with E-state index in [1.54, 1.807) is 0 Å². The molecule has 0 aliphatic carbocycles. The van der Waals surface area contributed by atoms with E-state index in [4.69, 9.17) is 0 Å². The minimum Gasteiger partial charge on any atom is -0.611 e. The summed E-state index contributed by atoms with van der Waals surface area (Å²) in [5.74, 6) is 0.775. The Bertz CT molecular complexity index is 329. The van der Waals surface area contributed by atoms with Crippen molar-refractivity contribution in [3.05, 3.63) is 48.9 Å². The number of rotatable bonds is 7. The zero-order valence-corrected chi connectivity index (χ0v) is 11.3. The van der Waals surface area contributed by atoms with Crippen LogP contribution >= 0.6 is 0 Å². The molecule has 0 aliphatic heterocycles. The summed E-state index contributed by atoms with van der Waals surface area (Å²) in [4.78, 5) is 0.952. The molecule has 0 saturated carbocycles. The zero-order valence-electron chi connectivity index (χ0n) is 10.5. The molecular weight excluding hydrogens is 228 g/mol. The van der Waals surface area contributed by atoms with Gasteiger partial charge in [0.25, 0.3) is 0 Å². The highest BCUT2D eigenvalue weighted by Crippen LogP contribution is 2.14. The van der Waals surface area contributed by atoms with Gasteiger partial charge in [0.1, 0.15) is 5.75 Å². The number of unbranched alkanes of at least 4 members (excludes halogenated alkanes) is 3. The van der Waals surface area contributed by atoms with Gasteiger partial charge in [-0.3, -0.25) is 0 Å². The molecule has 1 radical (unpaired) electrons. The first kappa shape index (κ1) is 14.3. The van der Waals surface area contributed by atoms with Gasteiger partial charge in [-0.2, -0.15) is 0 Å². The lowest BCUT2D eigenvalue weighted by Crippen LogP contribution is -2.06. The number of aryl methyl sites for hydroxylation is 1. The molecule has 0 saturated heterocycles. The maximum Gasteiger partial charge on any atom is 0.152 e. The Hall–Kier alpha value is -0.730. The molecule has 0 N–H and O–H groups in total. The molecule has 1 aromatic carbocycles. The van der Waals surface area contributed by atoms with E-state index >= 15 is 0 Å². The maximum absolute atomic E-state index is 11.9. The van der Waals surface area contributed by atoms with Crippen molar-refractivity contribution in [2.75, 3.05) is 5.75 Å². The van der Waals surface area contributed by atoms with Crippen LogP contribution in [0.15, 0.2) is 41.3 Å². The predicted octanol–water partition coefficient (Wildman–Crippen LogP) is 4.05. The van der Waals surface area contributed by atoms with Gasteiger partial charge in [-0.1, -0.05) is 29.8 Å². The standard InChI is InChI=1S/C15H21OS/c1-3-4-5-6-7-8-13-17(16)15-11-9-14(2)10-12-15/h3-4,9-12H,1,5-8,13H2,2H3/b4-3+. The summed E-state index contributed by atoms with van der Waals surface area (Å²) in [5, 5.41) is 0. The highest BCUT2D eigenvalue weighted by molar-refractivity contribution is 7.91. The van der Waals surface area contributed by atoms with Crippen LogP contribution in [0.25, 0.3) is 0 Å². The molecule has 0 aliphatic rings. The fourth-order valence-corrected chi connectivity index (χ4v) is 2.74. The minimum absolute atomic E-state index is 0.775. The van der Waals surface area contributed by atoms with Gasteiger partial charge in [0.05, 0.1) is 0 Å². The third-order valence-corrected chi connectivity index (χ3v) is 4.11. The van der Waals surface area contributed by atoms with E-state index in [-0.39, 0.29) is 0 Å². The van der Waals surface area contributed by atoms with Crippen LogP contribution < -0.4 is 0 Å². The average Bonchev–Trinajstić information content (AvgIpc) is 2.34. The molecule has 1 unspecified atom stereocenters. The third-order valence-electron chi connectivity index (χ3n) is 2.65. The van der Waals surface area contributed by atoms with Crippen LogP contribution in [0.1, 0.15) is 31.2 Å². The molecule has 93 valence electrons. The van der Waals surface area contributed by atoms with Crippen molar-refractivity contribution in [3.63, 3.8) is 0 Å². The van der Waals surface area contributed by atoms with Gasteiger partial charge in [0.2, 0.25) is 0 Å². The van der Waals surface area contributed by atoms with Crippen LogP contribution in [0.2, 0.25) is 0 Å². The maximum atomic E-state index is 11.9. The van der Waals surface area contributed by atoms with Crippen LogP contribution in [0.3, 0.4) is 0 Å². The third kappa shape index (κ3) is 5.94. The molecule has 1 aromatic rings. The molecule has 0 heterocycles. The van der Waals surface area contributed by atoms with Gasteiger partial charge in [-0.25, -0.2) is 0 Å². The van der Waals surface area contributed by atoms with Crippen molar-refractivity contribution in [1.82, 2.24) is 0 Å². The normalized spacial score (nSPS) is 13.1. The number of hydrogen-bond donors (Lipinski definition) is 0. The van der Waals surface area contributed by atoms with E-state index in [0.717, 1.165) is 36.3 Å². The summed E-state index contributed by atoms with van der Waals surface area (Å²) in [6.45, 7) is 5.69. The van der Waals surface area contributed by atoms with Crippen LogP contribution in [-0.2, 0) is 11.2 Å². The van der Waals surface area contributed by atoms with Crippen molar-refractivity contribution < 1.29 is 4.55 Å². The molecular formula is C15H21OS. The first-order valence-electron chi connectivity index (χ1n) is 6.13. The molecule has 0 amide bonds. The van der Waals surface area contributed by atoms with Gasteiger partial charge in [-0.15, -0.1) is 0 Å². The highest BCUT2D eigenvalue weighted by Gasteiger charge is 2.09. The Morgan fingerprint density at radius 3 is 2.53 bits per heavy atom. The Morgan fingerprint density at radius 1 is 1.18 bits per heavy atom. The molecule has 1 nitrogen and oxygen atoms in total. The summed E-state index contributed by atoms with van der Waals surface area (Å²) < 4.78 is 11.9. The quantitative estimate of drug-likeness (QED) is 0.528. The molecule has 1 rings (SSSR count). The van der Waals surface area contributed by atoms with E-state index in [1.165, 1.54) is 5.56 Å². The minimum atomic E-state index is -0.829. The zero-order chi connectivity index (χ0) is 12.5. The van der Waals surface area contributed by atoms with Crippen molar-refractivity contribution >= 4 is 11.2 Å². The number of hydrogen-bond acceptors (Lipinski definition) is 1. The molecule has 0 spiro atoms. The van der Waals surface area contributed by atoms with Crippen molar-refractivity contribution in [2.24, 2.45) is 0 Å². The molecule has 2 heteroatoms. The van der Waals surface area contributed by atoms with Gasteiger partial charge >= 0.3 is 0 Å². The highest BCUT2D eigenvalue weighted by atomic mass is 32.2. The van der Waals surface area contributed by atoms with Crippen molar-refractivity contribution in [3.8, 4) is 0 Å². The first-order valence-corrected chi connectivity index (χ1v) is 7.45. The molecule has 0 aromatic heterocycles. The van der Waals surface area contributed by atoms with E-state index < -0.39 is 11.2 Å². The molecule has 0 bridgehead atoms. The van der Waals surface area contributed by atoms with Crippen molar-refractivity contribution in [1.29, 1.82) is 0 Å². The Kier molecular flexibility index (Phi) is 7.06. The summed E-state index contributed by atoms with van der Waals surface area (Å²) >= 11 is -0.829. The second-order valence-corrected chi connectivity index (χ2v) is 5.75. The van der Waals surface area contributed by atoms with Crippen LogP contribution in [-0.4, -0.2) is 10.3 Å². The van der Waals surface area contributed by atoms with Gasteiger partial charge in [0.15, 0.2) is 4.90 Å². The van der Waals surface area contributed by atoms with E-state index in [9.17, 15) is 4.55 Å².